The van der Waals surface area contributed by atoms with Crippen molar-refractivity contribution in [3.63, 3.8) is 0 Å². The normalized spacial score (nSPS) is 10.4. The van der Waals surface area contributed by atoms with E-state index >= 15 is 0 Å². The minimum atomic E-state index is 0.0385. The summed E-state index contributed by atoms with van der Waals surface area (Å²) in [6, 6.07) is 10.6. The van der Waals surface area contributed by atoms with Crippen LogP contribution in [0.5, 0.6) is 0 Å². The predicted octanol–water partition coefficient (Wildman–Crippen LogP) is 1.83. The first-order valence-electron chi connectivity index (χ1n) is 5.37. The maximum Gasteiger partial charge on any atom is 0.176 e. The third-order valence-corrected chi connectivity index (χ3v) is 2.40. The number of benzene rings is 1. The zero-order chi connectivity index (χ0) is 12.1. The van der Waals surface area contributed by atoms with Crippen molar-refractivity contribution < 1.29 is 9.21 Å². The topological polar surface area (TPSA) is 68.3 Å². The van der Waals surface area contributed by atoms with Crippen LogP contribution in [0.25, 0.3) is 0 Å². The number of hydrogen-bond donors (Lipinski definition) is 2. The molecular formula is C13H14N2O2. The number of anilines is 1. The highest BCUT2D eigenvalue weighted by Crippen LogP contribution is 2.06. The number of Topliss-reactive ketones (excluding diaryl/α,β-unsaturated/α-hetero) is 1. The van der Waals surface area contributed by atoms with Gasteiger partial charge in [-0.1, -0.05) is 0 Å². The molecule has 4 nitrogen and oxygen atoms in total. The summed E-state index contributed by atoms with van der Waals surface area (Å²) < 4.78 is 5.15. The van der Waals surface area contributed by atoms with Gasteiger partial charge in [-0.25, -0.2) is 0 Å². The van der Waals surface area contributed by atoms with Gasteiger partial charge in [-0.05, 0) is 36.4 Å². The van der Waals surface area contributed by atoms with Crippen molar-refractivity contribution in [2.75, 3.05) is 12.3 Å². The first-order valence-corrected chi connectivity index (χ1v) is 5.37. The maximum atomic E-state index is 11.8. The van der Waals surface area contributed by atoms with Crippen LogP contribution in [0, 0.1) is 0 Å². The fourth-order valence-electron chi connectivity index (χ4n) is 1.48. The second-order valence-corrected chi connectivity index (χ2v) is 3.73. The first-order chi connectivity index (χ1) is 8.25. The molecule has 0 radical (unpaired) electrons. The van der Waals surface area contributed by atoms with Gasteiger partial charge in [0.05, 0.1) is 19.4 Å². The van der Waals surface area contributed by atoms with E-state index in [0.717, 1.165) is 5.76 Å². The first kappa shape index (κ1) is 11.4. The molecule has 3 N–H and O–H groups in total. The lowest BCUT2D eigenvalue weighted by atomic mass is 10.1. The Labute approximate surface area is 99.4 Å². The lowest BCUT2D eigenvalue weighted by Gasteiger charge is -2.03. The van der Waals surface area contributed by atoms with E-state index in [4.69, 9.17) is 10.2 Å². The number of carbonyl (C=O) groups excluding carboxylic acids is 1. The summed E-state index contributed by atoms with van der Waals surface area (Å²) in [5, 5.41) is 3.03. The Morgan fingerprint density at radius 2 is 2.00 bits per heavy atom. The molecule has 88 valence electrons. The van der Waals surface area contributed by atoms with Crippen molar-refractivity contribution >= 4 is 11.5 Å². The van der Waals surface area contributed by atoms with Gasteiger partial charge in [0.25, 0.3) is 0 Å². The third kappa shape index (κ3) is 3.19. The van der Waals surface area contributed by atoms with Crippen LogP contribution in [-0.4, -0.2) is 12.3 Å². The molecule has 4 heteroatoms. The highest BCUT2D eigenvalue weighted by molar-refractivity contribution is 5.97. The average molecular weight is 230 g/mol. The molecule has 0 aliphatic rings. The van der Waals surface area contributed by atoms with Gasteiger partial charge < -0.3 is 15.5 Å². The molecule has 0 fully saturated rings. The second kappa shape index (κ2) is 5.32. The number of furan rings is 1. The number of carbonyl (C=O) groups is 1. The summed E-state index contributed by atoms with van der Waals surface area (Å²) in [7, 11) is 0. The van der Waals surface area contributed by atoms with E-state index in [9.17, 15) is 4.79 Å². The smallest absolute Gasteiger partial charge is 0.176 e. The van der Waals surface area contributed by atoms with Gasteiger partial charge in [-0.15, -0.1) is 0 Å². The molecule has 0 aliphatic heterocycles. The van der Waals surface area contributed by atoms with Crippen LogP contribution in [0.2, 0.25) is 0 Å². The molecule has 0 atom stereocenters. The lowest BCUT2D eigenvalue weighted by Crippen LogP contribution is -2.22. The Bertz CT molecular complexity index is 475. The molecule has 1 aromatic carbocycles. The predicted molar refractivity (Wildman–Crippen MR) is 65.6 cm³/mol. The molecule has 17 heavy (non-hydrogen) atoms. The van der Waals surface area contributed by atoms with Crippen molar-refractivity contribution in [2.24, 2.45) is 0 Å². The molecule has 2 rings (SSSR count). The van der Waals surface area contributed by atoms with Crippen molar-refractivity contribution in [3.05, 3.63) is 54.0 Å². The van der Waals surface area contributed by atoms with Crippen molar-refractivity contribution in [1.82, 2.24) is 5.32 Å². The zero-order valence-electron chi connectivity index (χ0n) is 9.35. The minimum Gasteiger partial charge on any atom is -0.468 e. The molecule has 0 unspecified atom stereocenters. The molecule has 1 aromatic heterocycles. The largest absolute Gasteiger partial charge is 0.468 e. The summed E-state index contributed by atoms with van der Waals surface area (Å²) in [6.07, 6.45) is 1.61. The fraction of sp³-hybridized carbons (Fsp3) is 0.154. The summed E-state index contributed by atoms with van der Waals surface area (Å²) in [5.74, 6) is 0.853. The van der Waals surface area contributed by atoms with E-state index in [1.54, 1.807) is 30.5 Å². The molecule has 0 amide bonds. The molecule has 0 aliphatic carbocycles. The third-order valence-electron chi connectivity index (χ3n) is 2.40. The molecule has 0 bridgehead atoms. The summed E-state index contributed by atoms with van der Waals surface area (Å²) in [5.41, 5.74) is 6.87. The summed E-state index contributed by atoms with van der Waals surface area (Å²) >= 11 is 0. The highest BCUT2D eigenvalue weighted by Gasteiger charge is 2.05. The quantitative estimate of drug-likeness (QED) is 0.607. The number of hydrogen-bond acceptors (Lipinski definition) is 4. The molecule has 0 saturated carbocycles. The highest BCUT2D eigenvalue weighted by atomic mass is 16.3. The van der Waals surface area contributed by atoms with Crippen molar-refractivity contribution in [1.29, 1.82) is 0 Å². The van der Waals surface area contributed by atoms with Crippen LogP contribution >= 0.6 is 0 Å². The molecule has 1 heterocycles. The molecular weight excluding hydrogens is 216 g/mol. The van der Waals surface area contributed by atoms with Gasteiger partial charge in [0.15, 0.2) is 5.78 Å². The Balaban J connectivity index is 1.83. The molecule has 0 saturated heterocycles. The van der Waals surface area contributed by atoms with Gasteiger partial charge in [0.1, 0.15) is 5.76 Å². The number of ketones is 1. The van der Waals surface area contributed by atoms with Crippen LogP contribution < -0.4 is 11.1 Å². The van der Waals surface area contributed by atoms with E-state index in [-0.39, 0.29) is 12.3 Å². The van der Waals surface area contributed by atoms with Crippen LogP contribution in [0.3, 0.4) is 0 Å². The Hall–Kier alpha value is -2.07. The van der Waals surface area contributed by atoms with Crippen LogP contribution in [0.4, 0.5) is 5.69 Å². The summed E-state index contributed by atoms with van der Waals surface area (Å²) in [6.45, 7) is 0.832. The lowest BCUT2D eigenvalue weighted by molar-refractivity contribution is 0.0990. The van der Waals surface area contributed by atoms with Crippen molar-refractivity contribution in [3.8, 4) is 0 Å². The Kier molecular flexibility index (Phi) is 3.57. The average Bonchev–Trinajstić information content (AvgIpc) is 2.83. The van der Waals surface area contributed by atoms with E-state index in [1.165, 1.54) is 0 Å². The van der Waals surface area contributed by atoms with E-state index in [0.29, 0.717) is 17.8 Å². The molecule has 0 spiro atoms. The number of nitrogen functional groups attached to an aromatic ring is 1. The van der Waals surface area contributed by atoms with Gasteiger partial charge in [-0.2, -0.15) is 0 Å². The maximum absolute atomic E-state index is 11.8. The van der Waals surface area contributed by atoms with E-state index in [1.807, 2.05) is 12.1 Å². The van der Waals surface area contributed by atoms with Crippen LogP contribution in [0.1, 0.15) is 16.1 Å². The van der Waals surface area contributed by atoms with Gasteiger partial charge in [0, 0.05) is 11.3 Å². The number of nitrogens with two attached hydrogens (primary N) is 1. The summed E-state index contributed by atoms with van der Waals surface area (Å²) in [4.78, 5) is 11.8. The van der Waals surface area contributed by atoms with Gasteiger partial charge in [0.2, 0.25) is 0 Å². The van der Waals surface area contributed by atoms with Gasteiger partial charge in [-0.3, -0.25) is 4.79 Å². The van der Waals surface area contributed by atoms with Crippen LogP contribution in [0.15, 0.2) is 47.1 Å². The van der Waals surface area contributed by atoms with Gasteiger partial charge >= 0.3 is 0 Å². The SMILES string of the molecule is Nc1ccc(C(=O)CNCc2ccco2)cc1. The van der Waals surface area contributed by atoms with Crippen LogP contribution in [-0.2, 0) is 6.54 Å². The molecule has 2 aromatic rings. The second-order valence-electron chi connectivity index (χ2n) is 3.73. The Morgan fingerprint density at radius 1 is 1.24 bits per heavy atom. The zero-order valence-corrected chi connectivity index (χ0v) is 9.35. The minimum absolute atomic E-state index is 0.0385. The fourth-order valence-corrected chi connectivity index (χ4v) is 1.48. The monoisotopic (exact) mass is 230 g/mol. The Morgan fingerprint density at radius 3 is 2.65 bits per heavy atom. The van der Waals surface area contributed by atoms with E-state index in [2.05, 4.69) is 5.32 Å². The van der Waals surface area contributed by atoms with E-state index < -0.39 is 0 Å². The number of nitrogens with one attached hydrogen (secondary N) is 1. The standard InChI is InChI=1S/C13H14N2O2/c14-11-5-3-10(4-6-11)13(16)9-15-8-12-2-1-7-17-12/h1-7,15H,8-9,14H2. The van der Waals surface area contributed by atoms with Crippen molar-refractivity contribution in [2.45, 2.75) is 6.54 Å². The number of rotatable bonds is 5.